The van der Waals surface area contributed by atoms with Crippen LogP contribution in [0.5, 0.6) is 11.5 Å². The highest BCUT2D eigenvalue weighted by atomic mass is 16.7. The van der Waals surface area contributed by atoms with Gasteiger partial charge in [0, 0.05) is 31.6 Å². The molecule has 4 rings (SSSR count). The fraction of sp³-hybridized carbons (Fsp3) is 0.692. The molecule has 36 heavy (non-hydrogen) atoms. The van der Waals surface area contributed by atoms with Gasteiger partial charge in [-0.1, -0.05) is 19.4 Å². The molecule has 0 aliphatic carbocycles. The molecule has 3 unspecified atom stereocenters. The van der Waals surface area contributed by atoms with E-state index in [1.165, 1.54) is 0 Å². The molecule has 0 saturated carbocycles. The second-order valence-corrected chi connectivity index (χ2v) is 9.71. The lowest BCUT2D eigenvalue weighted by molar-refractivity contribution is -0.144. The van der Waals surface area contributed by atoms with Crippen LogP contribution in [0.25, 0.3) is 0 Å². The zero-order chi connectivity index (χ0) is 25.5. The molecule has 3 atom stereocenters. The molecular weight excluding hydrogens is 466 g/mol. The van der Waals surface area contributed by atoms with Crippen LogP contribution in [-0.2, 0) is 19.1 Å². The molecule has 1 aromatic rings. The molecule has 0 aromatic heterocycles. The molecule has 0 spiro atoms. The molecule has 1 amide bonds. The van der Waals surface area contributed by atoms with Gasteiger partial charge in [-0.2, -0.15) is 0 Å². The number of amides is 1. The van der Waals surface area contributed by atoms with E-state index in [1.54, 1.807) is 0 Å². The van der Waals surface area contributed by atoms with Crippen molar-refractivity contribution in [1.82, 2.24) is 9.80 Å². The lowest BCUT2D eigenvalue weighted by atomic mass is 9.83. The molecule has 1 aromatic carbocycles. The molecule has 2 saturated heterocycles. The summed E-state index contributed by atoms with van der Waals surface area (Å²) in [6.07, 6.45) is 3.48. The average molecular weight is 506 g/mol. The number of ether oxygens (including phenoxy) is 4. The highest BCUT2D eigenvalue weighted by Crippen LogP contribution is 2.43. The number of carboxylic acid groups (broad SMARTS) is 1. The number of unbranched alkanes of at least 4 members (excludes halogenated alkanes) is 1. The quantitative estimate of drug-likeness (QED) is 0.414. The van der Waals surface area contributed by atoms with Crippen molar-refractivity contribution in [3.05, 3.63) is 23.8 Å². The number of carbonyl (C=O) groups is 2. The van der Waals surface area contributed by atoms with E-state index in [0.29, 0.717) is 63.7 Å². The molecule has 0 bridgehead atoms. The van der Waals surface area contributed by atoms with E-state index in [-0.39, 0.29) is 37.5 Å². The fourth-order valence-corrected chi connectivity index (χ4v) is 5.48. The maximum Gasteiger partial charge on any atom is 0.308 e. The van der Waals surface area contributed by atoms with Crippen molar-refractivity contribution < 1.29 is 33.6 Å². The molecule has 2 fully saturated rings. The standard InChI is InChI=1S/C26H39N3O7/c1-2-3-10-28(11-4-9-27)23(30)16-29-15-19(18-5-7-21-22(14-18)36-17-35-21)25(26(31)32)20(29)6-8-24-33-12-13-34-24/h5,7,14,19-20,24-25H,2-4,6,8-13,15-17,27H2,1H3,(H,31,32). The second-order valence-electron chi connectivity index (χ2n) is 9.71. The first-order valence-corrected chi connectivity index (χ1v) is 13.1. The highest BCUT2D eigenvalue weighted by molar-refractivity contribution is 5.79. The van der Waals surface area contributed by atoms with Gasteiger partial charge in [0.25, 0.3) is 0 Å². The van der Waals surface area contributed by atoms with Crippen LogP contribution >= 0.6 is 0 Å². The predicted octanol–water partition coefficient (Wildman–Crippen LogP) is 2.01. The number of aliphatic carboxylic acids is 1. The number of nitrogens with zero attached hydrogens (tertiary/aromatic N) is 2. The van der Waals surface area contributed by atoms with Gasteiger partial charge in [0.15, 0.2) is 17.8 Å². The van der Waals surface area contributed by atoms with Crippen LogP contribution in [-0.4, -0.2) is 91.8 Å². The molecule has 3 aliphatic rings. The molecule has 3 N–H and O–H groups in total. The van der Waals surface area contributed by atoms with E-state index in [4.69, 9.17) is 24.7 Å². The van der Waals surface area contributed by atoms with Gasteiger partial charge in [0.1, 0.15) is 0 Å². The Bertz CT molecular complexity index is 884. The van der Waals surface area contributed by atoms with Gasteiger partial charge >= 0.3 is 5.97 Å². The van der Waals surface area contributed by atoms with Crippen molar-refractivity contribution in [2.24, 2.45) is 11.7 Å². The first-order chi connectivity index (χ1) is 17.5. The van der Waals surface area contributed by atoms with Crippen LogP contribution in [0.3, 0.4) is 0 Å². The molecule has 3 heterocycles. The van der Waals surface area contributed by atoms with Gasteiger partial charge in [-0.3, -0.25) is 14.5 Å². The maximum atomic E-state index is 13.4. The Hall–Kier alpha value is -2.40. The molecule has 200 valence electrons. The third-order valence-corrected chi connectivity index (χ3v) is 7.35. The second kappa shape index (κ2) is 12.7. The van der Waals surface area contributed by atoms with Crippen molar-refractivity contribution >= 4 is 11.9 Å². The van der Waals surface area contributed by atoms with E-state index in [9.17, 15) is 14.7 Å². The third kappa shape index (κ3) is 6.29. The van der Waals surface area contributed by atoms with Gasteiger partial charge in [0.2, 0.25) is 12.7 Å². The summed E-state index contributed by atoms with van der Waals surface area (Å²) in [7, 11) is 0. The first-order valence-electron chi connectivity index (χ1n) is 13.1. The van der Waals surface area contributed by atoms with Crippen LogP contribution < -0.4 is 15.2 Å². The van der Waals surface area contributed by atoms with Crippen molar-refractivity contribution in [2.75, 3.05) is 52.7 Å². The topological polar surface area (TPSA) is 124 Å². The first kappa shape index (κ1) is 26.7. The van der Waals surface area contributed by atoms with Crippen LogP contribution in [0.4, 0.5) is 0 Å². The minimum Gasteiger partial charge on any atom is -0.481 e. The van der Waals surface area contributed by atoms with E-state index in [0.717, 1.165) is 24.8 Å². The van der Waals surface area contributed by atoms with Gasteiger partial charge < -0.3 is 34.7 Å². The number of fused-ring (bicyclic) bond motifs is 1. The summed E-state index contributed by atoms with van der Waals surface area (Å²) in [5.41, 5.74) is 6.59. The van der Waals surface area contributed by atoms with E-state index in [2.05, 4.69) is 6.92 Å². The van der Waals surface area contributed by atoms with Crippen molar-refractivity contribution in [3.8, 4) is 11.5 Å². The van der Waals surface area contributed by atoms with E-state index in [1.807, 2.05) is 28.0 Å². The molecular formula is C26H39N3O7. The van der Waals surface area contributed by atoms with Gasteiger partial charge in [-0.25, -0.2) is 0 Å². The maximum absolute atomic E-state index is 13.4. The summed E-state index contributed by atoms with van der Waals surface area (Å²) in [6, 6.07) is 5.30. The minimum absolute atomic E-state index is 0.0192. The van der Waals surface area contributed by atoms with Crippen molar-refractivity contribution in [1.29, 1.82) is 0 Å². The normalized spacial score (nSPS) is 23.9. The summed E-state index contributed by atoms with van der Waals surface area (Å²) in [5.74, 6) is -0.513. The monoisotopic (exact) mass is 505 g/mol. The lowest BCUT2D eigenvalue weighted by Gasteiger charge is -2.30. The largest absolute Gasteiger partial charge is 0.481 e. The Labute approximate surface area is 212 Å². The average Bonchev–Trinajstić information content (AvgIpc) is 3.62. The number of carboxylic acids is 1. The van der Waals surface area contributed by atoms with Gasteiger partial charge in [0.05, 0.1) is 25.7 Å². The number of hydrogen-bond acceptors (Lipinski definition) is 8. The molecule has 3 aliphatic heterocycles. The number of benzene rings is 1. The SMILES string of the molecule is CCCCN(CCCN)C(=O)CN1CC(c2ccc3c(c2)OCO3)C(C(=O)O)C1CCC1OCCO1. The van der Waals surface area contributed by atoms with Crippen molar-refractivity contribution in [2.45, 2.75) is 57.3 Å². The number of rotatable bonds is 13. The zero-order valence-corrected chi connectivity index (χ0v) is 21.1. The van der Waals surface area contributed by atoms with Gasteiger partial charge in [-0.15, -0.1) is 0 Å². The Morgan fingerprint density at radius 2 is 1.86 bits per heavy atom. The summed E-state index contributed by atoms with van der Waals surface area (Å²) in [5, 5.41) is 10.3. The predicted molar refractivity (Wildman–Crippen MR) is 132 cm³/mol. The highest BCUT2D eigenvalue weighted by Gasteiger charge is 2.47. The number of likely N-dealkylation sites (tertiary alicyclic amines) is 1. The van der Waals surface area contributed by atoms with Gasteiger partial charge in [-0.05, 0) is 49.9 Å². The van der Waals surface area contributed by atoms with Crippen LogP contribution in [0.1, 0.15) is 50.5 Å². The third-order valence-electron chi connectivity index (χ3n) is 7.35. The smallest absolute Gasteiger partial charge is 0.308 e. The van der Waals surface area contributed by atoms with E-state index >= 15 is 0 Å². The Balaban J connectivity index is 1.55. The zero-order valence-electron chi connectivity index (χ0n) is 21.1. The lowest BCUT2D eigenvalue weighted by Crippen LogP contribution is -2.45. The summed E-state index contributed by atoms with van der Waals surface area (Å²) < 4.78 is 22.2. The summed E-state index contributed by atoms with van der Waals surface area (Å²) >= 11 is 0. The number of carbonyl (C=O) groups excluding carboxylic acids is 1. The molecule has 0 radical (unpaired) electrons. The fourth-order valence-electron chi connectivity index (χ4n) is 5.48. The summed E-state index contributed by atoms with van der Waals surface area (Å²) in [4.78, 5) is 29.9. The van der Waals surface area contributed by atoms with Crippen molar-refractivity contribution in [3.63, 3.8) is 0 Å². The minimum atomic E-state index is -0.864. The number of hydrogen-bond donors (Lipinski definition) is 2. The van der Waals surface area contributed by atoms with Crippen LogP contribution in [0, 0.1) is 5.92 Å². The Morgan fingerprint density at radius 3 is 2.58 bits per heavy atom. The number of nitrogens with two attached hydrogens (primary N) is 1. The molecule has 10 nitrogen and oxygen atoms in total. The molecule has 10 heteroatoms. The summed E-state index contributed by atoms with van der Waals surface area (Å²) in [6.45, 7) is 5.83. The van der Waals surface area contributed by atoms with E-state index < -0.39 is 11.9 Å². The Kier molecular flexibility index (Phi) is 9.41. The van der Waals surface area contributed by atoms with Crippen LogP contribution in [0.2, 0.25) is 0 Å². The van der Waals surface area contributed by atoms with Crippen LogP contribution in [0.15, 0.2) is 18.2 Å². The Morgan fingerprint density at radius 1 is 1.11 bits per heavy atom.